The summed E-state index contributed by atoms with van der Waals surface area (Å²) >= 11 is 0. The lowest BCUT2D eigenvalue weighted by molar-refractivity contribution is -0.135. The fraction of sp³-hybridized carbons (Fsp3) is 0.333. The van der Waals surface area contributed by atoms with Crippen LogP contribution in [0.5, 0.6) is 0 Å². The third-order valence-electron chi connectivity index (χ3n) is 6.18. The van der Waals surface area contributed by atoms with Crippen LogP contribution in [-0.4, -0.2) is 40.3 Å². The Bertz CT molecular complexity index is 1280. The SMILES string of the molecule is C.S.[C-]#[N+][C@@H]1CCCN1C(=O)[C@H](C)Cc1c[nH]c2ccc(NC(=O)Nc3ccc(C(C)=O)cc3)cc12. The Labute approximate surface area is 218 Å². The highest BCUT2D eigenvalue weighted by molar-refractivity contribution is 7.59. The summed E-state index contributed by atoms with van der Waals surface area (Å²) in [4.78, 5) is 45.3. The van der Waals surface area contributed by atoms with Crippen LogP contribution in [0.4, 0.5) is 16.2 Å². The number of aromatic amines is 1. The summed E-state index contributed by atoms with van der Waals surface area (Å²) in [7, 11) is 0. The van der Waals surface area contributed by atoms with Gasteiger partial charge in [-0.3, -0.25) is 19.3 Å². The zero-order valence-corrected chi connectivity index (χ0v) is 20.7. The number of H-pyrrole nitrogens is 1. The molecule has 0 bridgehead atoms. The molecule has 0 aliphatic carbocycles. The molecule has 3 aromatic rings. The van der Waals surface area contributed by atoms with E-state index >= 15 is 0 Å². The van der Waals surface area contributed by atoms with Crippen molar-refractivity contribution in [2.45, 2.75) is 46.7 Å². The summed E-state index contributed by atoms with van der Waals surface area (Å²) in [5, 5.41) is 6.53. The number of hydrogen-bond donors (Lipinski definition) is 3. The van der Waals surface area contributed by atoms with Gasteiger partial charge < -0.3 is 15.6 Å². The minimum Gasteiger partial charge on any atom is -0.361 e. The van der Waals surface area contributed by atoms with Gasteiger partial charge in [-0.1, -0.05) is 14.4 Å². The van der Waals surface area contributed by atoms with Crippen molar-refractivity contribution < 1.29 is 14.4 Å². The summed E-state index contributed by atoms with van der Waals surface area (Å²) in [6.07, 6.45) is 3.71. The average Bonchev–Trinajstić information content (AvgIpc) is 3.45. The van der Waals surface area contributed by atoms with Gasteiger partial charge >= 0.3 is 12.2 Å². The molecule has 1 aromatic heterocycles. The first-order chi connectivity index (χ1) is 16.4. The summed E-state index contributed by atoms with van der Waals surface area (Å²) in [5.74, 6) is -0.272. The number of rotatable bonds is 6. The van der Waals surface area contributed by atoms with Gasteiger partial charge in [0.2, 0.25) is 5.91 Å². The molecule has 2 atom stereocenters. The molecule has 8 nitrogen and oxygen atoms in total. The largest absolute Gasteiger partial charge is 0.361 e. The number of carbonyl (C=O) groups excluding carboxylic acids is 3. The summed E-state index contributed by atoms with van der Waals surface area (Å²) in [5.41, 5.74) is 3.69. The summed E-state index contributed by atoms with van der Waals surface area (Å²) in [6.45, 7) is 11.4. The first kappa shape index (κ1) is 28.5. The van der Waals surface area contributed by atoms with Crippen LogP contribution in [0.1, 0.15) is 50.0 Å². The van der Waals surface area contributed by atoms with E-state index in [2.05, 4.69) is 20.5 Å². The van der Waals surface area contributed by atoms with Gasteiger partial charge in [0.1, 0.15) is 0 Å². The zero-order chi connectivity index (χ0) is 24.2. The lowest BCUT2D eigenvalue weighted by Gasteiger charge is -2.20. The highest BCUT2D eigenvalue weighted by atomic mass is 32.1. The van der Waals surface area contributed by atoms with E-state index in [1.54, 1.807) is 35.2 Å². The standard InChI is InChI=1S/C26H27N5O3.CH4.H2S/c1-16(25(33)31-12-4-5-24(31)27-3)13-19-15-28-23-11-10-21(14-22(19)23)30-26(34)29-20-8-6-18(7-9-20)17(2)32;;/h6-11,14-16,24,28H,4-5,12-13H2,1-2H3,(H2,29,30,34);1H4;1H2/t16-,24+;;/m1../s1. The highest BCUT2D eigenvalue weighted by Crippen LogP contribution is 2.27. The number of urea groups is 1. The number of nitrogens with one attached hydrogen (secondary N) is 3. The van der Waals surface area contributed by atoms with Crippen molar-refractivity contribution in [2.75, 3.05) is 17.2 Å². The molecule has 0 saturated carbocycles. The van der Waals surface area contributed by atoms with E-state index in [0.717, 1.165) is 29.3 Å². The number of likely N-dealkylation sites (tertiary alicyclic amines) is 1. The molecule has 0 unspecified atom stereocenters. The Morgan fingerprint density at radius 1 is 1.14 bits per heavy atom. The first-order valence-corrected chi connectivity index (χ1v) is 11.3. The van der Waals surface area contributed by atoms with Crippen LogP contribution in [0.15, 0.2) is 48.7 Å². The van der Waals surface area contributed by atoms with Gasteiger partial charge in [-0.05, 0) is 67.8 Å². The molecule has 0 radical (unpaired) electrons. The number of anilines is 2. The van der Waals surface area contributed by atoms with Gasteiger partial charge in [-0.25, -0.2) is 11.4 Å². The zero-order valence-electron chi connectivity index (χ0n) is 19.7. The molecule has 1 fully saturated rings. The van der Waals surface area contributed by atoms with Crippen molar-refractivity contribution in [2.24, 2.45) is 5.92 Å². The number of nitrogens with zero attached hydrogens (tertiary/aromatic N) is 2. The average molecular weight is 508 g/mol. The molecular formula is C27H33N5O3S. The molecule has 4 rings (SSSR count). The fourth-order valence-corrected chi connectivity index (χ4v) is 4.35. The minimum atomic E-state index is -0.394. The molecule has 36 heavy (non-hydrogen) atoms. The summed E-state index contributed by atoms with van der Waals surface area (Å²) < 4.78 is 0. The van der Waals surface area contributed by atoms with Crippen molar-refractivity contribution >= 4 is 53.5 Å². The fourth-order valence-electron chi connectivity index (χ4n) is 4.35. The molecule has 1 aliphatic heterocycles. The van der Waals surface area contributed by atoms with Crippen molar-refractivity contribution in [3.63, 3.8) is 0 Å². The lowest BCUT2D eigenvalue weighted by Crippen LogP contribution is -2.38. The maximum atomic E-state index is 12.9. The van der Waals surface area contributed by atoms with Crippen LogP contribution in [0, 0.1) is 12.5 Å². The van der Waals surface area contributed by atoms with E-state index in [9.17, 15) is 14.4 Å². The van der Waals surface area contributed by atoms with Crippen LogP contribution < -0.4 is 10.6 Å². The second kappa shape index (κ2) is 12.3. The number of Topliss-reactive ketones (excluding diaryl/α,β-unsaturated/α-hetero) is 1. The maximum Gasteiger partial charge on any atom is 0.323 e. The van der Waals surface area contributed by atoms with E-state index < -0.39 is 6.03 Å². The van der Waals surface area contributed by atoms with E-state index in [4.69, 9.17) is 6.57 Å². The Balaban J connectivity index is 0.00000228. The Morgan fingerprint density at radius 2 is 1.81 bits per heavy atom. The molecule has 1 saturated heterocycles. The van der Waals surface area contributed by atoms with E-state index in [-0.39, 0.29) is 44.7 Å². The second-order valence-electron chi connectivity index (χ2n) is 8.68. The number of amides is 3. The second-order valence-corrected chi connectivity index (χ2v) is 8.68. The predicted molar refractivity (Wildman–Crippen MR) is 149 cm³/mol. The third-order valence-corrected chi connectivity index (χ3v) is 6.18. The number of carbonyl (C=O) groups is 3. The number of benzene rings is 2. The quantitative estimate of drug-likeness (QED) is 0.290. The molecule has 2 heterocycles. The van der Waals surface area contributed by atoms with Crippen LogP contribution in [-0.2, 0) is 11.2 Å². The smallest absolute Gasteiger partial charge is 0.323 e. The number of ketones is 1. The van der Waals surface area contributed by atoms with Gasteiger partial charge in [-0.15, -0.1) is 0 Å². The Hall–Kier alpha value is -3.77. The Kier molecular flexibility index (Phi) is 9.70. The normalized spacial score (nSPS) is 15.2. The Morgan fingerprint density at radius 3 is 2.47 bits per heavy atom. The first-order valence-electron chi connectivity index (χ1n) is 11.3. The van der Waals surface area contributed by atoms with Crippen LogP contribution in [0.3, 0.4) is 0 Å². The van der Waals surface area contributed by atoms with Crippen LogP contribution in [0.25, 0.3) is 15.7 Å². The molecular weight excluding hydrogens is 474 g/mol. The number of fused-ring (bicyclic) bond motifs is 1. The van der Waals surface area contributed by atoms with Crippen LogP contribution >= 0.6 is 13.5 Å². The van der Waals surface area contributed by atoms with Crippen molar-refractivity contribution in [3.8, 4) is 0 Å². The topological polar surface area (TPSA) is 98.7 Å². The van der Waals surface area contributed by atoms with Crippen LogP contribution in [0.2, 0.25) is 0 Å². The van der Waals surface area contributed by atoms with E-state index in [0.29, 0.717) is 29.9 Å². The monoisotopic (exact) mass is 507 g/mol. The molecule has 0 spiro atoms. The van der Waals surface area contributed by atoms with E-state index in [1.165, 1.54) is 6.92 Å². The van der Waals surface area contributed by atoms with Gasteiger partial charge in [0.15, 0.2) is 5.78 Å². The third kappa shape index (κ3) is 6.26. The number of aromatic nitrogens is 1. The maximum absolute atomic E-state index is 12.9. The predicted octanol–water partition coefficient (Wildman–Crippen LogP) is 5.81. The minimum absolute atomic E-state index is 0. The molecule has 190 valence electrons. The van der Waals surface area contributed by atoms with Gasteiger partial charge in [-0.2, -0.15) is 13.5 Å². The van der Waals surface area contributed by atoms with Gasteiger partial charge in [0, 0.05) is 52.9 Å². The highest BCUT2D eigenvalue weighted by Gasteiger charge is 2.35. The van der Waals surface area contributed by atoms with Gasteiger partial charge in [0.25, 0.3) is 0 Å². The lowest BCUT2D eigenvalue weighted by atomic mass is 9.99. The molecule has 3 amide bonds. The molecule has 1 aliphatic rings. The number of hydrogen-bond acceptors (Lipinski definition) is 3. The van der Waals surface area contributed by atoms with Gasteiger partial charge in [0.05, 0.1) is 0 Å². The molecule has 2 aromatic carbocycles. The molecule has 9 heteroatoms. The molecule has 3 N–H and O–H groups in total. The van der Waals surface area contributed by atoms with Crippen molar-refractivity contribution in [1.82, 2.24) is 9.88 Å². The van der Waals surface area contributed by atoms with Crippen molar-refractivity contribution in [3.05, 3.63) is 71.2 Å². The summed E-state index contributed by atoms with van der Waals surface area (Å²) in [6, 6.07) is 11.9. The van der Waals surface area contributed by atoms with E-state index in [1.807, 2.05) is 25.3 Å². The van der Waals surface area contributed by atoms with Crippen molar-refractivity contribution in [1.29, 1.82) is 0 Å².